The van der Waals surface area contributed by atoms with E-state index in [0.29, 0.717) is 12.8 Å². The Balaban J connectivity index is 2.19. The molecule has 1 fully saturated rings. The number of nitrogens with one attached hydrogen (secondary N) is 1. The highest BCUT2D eigenvalue weighted by Gasteiger charge is 2.55. The average Bonchev–Trinajstić information content (AvgIpc) is 3.15. The first-order chi connectivity index (χ1) is 10.1. The molecule has 0 saturated heterocycles. The summed E-state index contributed by atoms with van der Waals surface area (Å²) in [5, 5.41) is 21.3. The number of carboxylic acids is 1. The Morgan fingerprint density at radius 1 is 1.23 bits per heavy atom. The number of amides is 1. The number of ether oxygens (including phenoxy) is 1. The van der Waals surface area contributed by atoms with Crippen LogP contribution in [-0.2, 0) is 14.9 Å². The van der Waals surface area contributed by atoms with Crippen LogP contribution in [0.2, 0.25) is 0 Å². The van der Waals surface area contributed by atoms with Crippen LogP contribution < -0.4 is 5.32 Å². The van der Waals surface area contributed by atoms with E-state index in [2.05, 4.69) is 5.32 Å². The Bertz CT molecular complexity index is 569. The molecular formula is C16H21NO5. The lowest BCUT2D eigenvalue weighted by molar-refractivity contribution is -0.140. The molecule has 1 unspecified atom stereocenters. The van der Waals surface area contributed by atoms with E-state index in [4.69, 9.17) is 4.74 Å². The number of rotatable bonds is 4. The van der Waals surface area contributed by atoms with Gasteiger partial charge in [-0.1, -0.05) is 12.1 Å². The third-order valence-electron chi connectivity index (χ3n) is 3.69. The van der Waals surface area contributed by atoms with Gasteiger partial charge in [0, 0.05) is 5.41 Å². The number of alkyl carbamates (subject to hydrolysis) is 1. The van der Waals surface area contributed by atoms with Crippen LogP contribution in [0.4, 0.5) is 4.79 Å². The quantitative estimate of drug-likeness (QED) is 0.794. The largest absolute Gasteiger partial charge is 0.508 e. The van der Waals surface area contributed by atoms with Crippen molar-refractivity contribution in [2.75, 3.05) is 0 Å². The lowest BCUT2D eigenvalue weighted by Crippen LogP contribution is -2.50. The van der Waals surface area contributed by atoms with Crippen molar-refractivity contribution < 1.29 is 24.5 Å². The van der Waals surface area contributed by atoms with Gasteiger partial charge in [0.25, 0.3) is 0 Å². The molecule has 1 saturated carbocycles. The van der Waals surface area contributed by atoms with Crippen LogP contribution in [-0.4, -0.2) is 33.9 Å². The molecular weight excluding hydrogens is 286 g/mol. The van der Waals surface area contributed by atoms with E-state index in [1.807, 2.05) is 0 Å². The van der Waals surface area contributed by atoms with Crippen molar-refractivity contribution in [3.63, 3.8) is 0 Å². The molecule has 0 heterocycles. The Labute approximate surface area is 129 Å². The number of phenolic OH excluding ortho intramolecular Hbond substituents is 1. The number of hydrogen-bond acceptors (Lipinski definition) is 4. The molecule has 6 heteroatoms. The summed E-state index contributed by atoms with van der Waals surface area (Å²) >= 11 is 0. The Hall–Kier alpha value is -2.24. The number of carbonyl (C=O) groups is 2. The number of phenols is 1. The predicted molar refractivity (Wildman–Crippen MR) is 79.8 cm³/mol. The minimum atomic E-state index is -1.10. The predicted octanol–water partition coefficient (Wildman–Crippen LogP) is 2.40. The van der Waals surface area contributed by atoms with Gasteiger partial charge >= 0.3 is 12.1 Å². The van der Waals surface area contributed by atoms with E-state index in [0.717, 1.165) is 5.56 Å². The fraction of sp³-hybridized carbons (Fsp3) is 0.500. The SMILES string of the molecule is CC(C)(C)OC(=O)NC(C(=O)O)C1(c2ccc(O)cc2)CC1. The van der Waals surface area contributed by atoms with Gasteiger partial charge in [0.15, 0.2) is 0 Å². The molecule has 1 aliphatic carbocycles. The molecule has 0 bridgehead atoms. The minimum absolute atomic E-state index is 0.117. The van der Waals surface area contributed by atoms with E-state index in [9.17, 15) is 19.8 Å². The molecule has 0 spiro atoms. The molecule has 22 heavy (non-hydrogen) atoms. The molecule has 1 aromatic rings. The molecule has 1 aliphatic rings. The fourth-order valence-corrected chi connectivity index (χ4v) is 2.53. The maximum atomic E-state index is 11.9. The average molecular weight is 307 g/mol. The number of aliphatic carboxylic acids is 1. The van der Waals surface area contributed by atoms with Gasteiger partial charge in [0.1, 0.15) is 17.4 Å². The topological polar surface area (TPSA) is 95.9 Å². The minimum Gasteiger partial charge on any atom is -0.508 e. The maximum Gasteiger partial charge on any atom is 0.408 e. The van der Waals surface area contributed by atoms with Gasteiger partial charge in [-0.05, 0) is 51.3 Å². The normalized spacial score (nSPS) is 17.4. The highest BCUT2D eigenvalue weighted by Crippen LogP contribution is 2.51. The van der Waals surface area contributed by atoms with Crippen molar-refractivity contribution in [1.82, 2.24) is 5.32 Å². The first-order valence-corrected chi connectivity index (χ1v) is 7.16. The van der Waals surface area contributed by atoms with E-state index < -0.39 is 29.1 Å². The molecule has 0 aromatic heterocycles. The van der Waals surface area contributed by atoms with Gasteiger partial charge in [0.2, 0.25) is 0 Å². The third kappa shape index (κ3) is 3.50. The molecule has 0 aliphatic heterocycles. The molecule has 0 radical (unpaired) electrons. The summed E-state index contributed by atoms with van der Waals surface area (Å²) in [6, 6.07) is 5.35. The smallest absolute Gasteiger partial charge is 0.408 e. The molecule has 3 N–H and O–H groups in total. The zero-order valence-electron chi connectivity index (χ0n) is 12.9. The summed E-state index contributed by atoms with van der Waals surface area (Å²) in [7, 11) is 0. The molecule has 6 nitrogen and oxygen atoms in total. The van der Waals surface area contributed by atoms with Crippen LogP contribution >= 0.6 is 0 Å². The van der Waals surface area contributed by atoms with E-state index >= 15 is 0 Å². The molecule has 120 valence electrons. The van der Waals surface area contributed by atoms with Crippen molar-refractivity contribution in [3.05, 3.63) is 29.8 Å². The highest BCUT2D eigenvalue weighted by atomic mass is 16.6. The standard InChI is InChI=1S/C16H21NO5/c1-15(2,3)22-14(21)17-12(13(19)20)16(8-9-16)10-4-6-11(18)7-5-10/h4-7,12,18H,8-9H2,1-3H3,(H,17,21)(H,19,20). The third-order valence-corrected chi connectivity index (χ3v) is 3.69. The molecule has 1 atom stereocenters. The van der Waals surface area contributed by atoms with Crippen LogP contribution in [0.5, 0.6) is 5.75 Å². The van der Waals surface area contributed by atoms with Gasteiger partial charge < -0.3 is 20.3 Å². The molecule has 1 aromatic carbocycles. The number of hydrogen-bond donors (Lipinski definition) is 3. The van der Waals surface area contributed by atoms with Crippen LogP contribution in [0.15, 0.2) is 24.3 Å². The summed E-state index contributed by atoms with van der Waals surface area (Å²) in [6.45, 7) is 5.15. The molecule has 2 rings (SSSR count). The van der Waals surface area contributed by atoms with E-state index in [1.54, 1.807) is 32.9 Å². The monoisotopic (exact) mass is 307 g/mol. The lowest BCUT2D eigenvalue weighted by atomic mass is 9.88. The second-order valence-corrected chi connectivity index (χ2v) is 6.62. The van der Waals surface area contributed by atoms with Crippen LogP contribution in [0, 0.1) is 0 Å². The zero-order valence-corrected chi connectivity index (χ0v) is 12.9. The molecule has 1 amide bonds. The number of benzene rings is 1. The van der Waals surface area contributed by atoms with Crippen LogP contribution in [0.25, 0.3) is 0 Å². The van der Waals surface area contributed by atoms with Gasteiger partial charge in [0.05, 0.1) is 0 Å². The van der Waals surface area contributed by atoms with Gasteiger partial charge in [-0.2, -0.15) is 0 Å². The second kappa shape index (κ2) is 5.51. The second-order valence-electron chi connectivity index (χ2n) is 6.62. The summed E-state index contributed by atoms with van der Waals surface area (Å²) in [5.74, 6) is -0.983. The zero-order chi connectivity index (χ0) is 16.5. The Morgan fingerprint density at radius 3 is 2.18 bits per heavy atom. The van der Waals surface area contributed by atoms with E-state index in [1.165, 1.54) is 12.1 Å². The lowest BCUT2D eigenvalue weighted by Gasteiger charge is -2.27. The fourth-order valence-electron chi connectivity index (χ4n) is 2.53. The van der Waals surface area contributed by atoms with E-state index in [-0.39, 0.29) is 5.75 Å². The number of carboxylic acid groups (broad SMARTS) is 1. The van der Waals surface area contributed by atoms with Crippen molar-refractivity contribution in [2.45, 2.75) is 50.7 Å². The van der Waals surface area contributed by atoms with Gasteiger partial charge in [-0.25, -0.2) is 9.59 Å². The van der Waals surface area contributed by atoms with Crippen molar-refractivity contribution in [2.24, 2.45) is 0 Å². The van der Waals surface area contributed by atoms with Gasteiger partial charge in [-0.3, -0.25) is 0 Å². The van der Waals surface area contributed by atoms with Crippen LogP contribution in [0.3, 0.4) is 0 Å². The summed E-state index contributed by atoms with van der Waals surface area (Å²) in [5.41, 5.74) is -0.549. The number of carbonyl (C=O) groups excluding carboxylic acids is 1. The van der Waals surface area contributed by atoms with Crippen molar-refractivity contribution >= 4 is 12.1 Å². The number of aromatic hydroxyl groups is 1. The van der Waals surface area contributed by atoms with Crippen molar-refractivity contribution in [3.8, 4) is 5.75 Å². The Morgan fingerprint density at radius 2 is 1.77 bits per heavy atom. The maximum absolute atomic E-state index is 11.9. The van der Waals surface area contributed by atoms with Crippen LogP contribution in [0.1, 0.15) is 39.2 Å². The Kier molecular flexibility index (Phi) is 4.04. The first-order valence-electron chi connectivity index (χ1n) is 7.16. The van der Waals surface area contributed by atoms with Gasteiger partial charge in [-0.15, -0.1) is 0 Å². The summed E-state index contributed by atoms with van der Waals surface area (Å²) in [4.78, 5) is 23.5. The highest BCUT2D eigenvalue weighted by molar-refractivity contribution is 5.83. The first kappa shape index (κ1) is 16.1. The van der Waals surface area contributed by atoms with Crippen molar-refractivity contribution in [1.29, 1.82) is 0 Å². The summed E-state index contributed by atoms with van der Waals surface area (Å²) in [6.07, 6.45) is 0.569. The summed E-state index contributed by atoms with van der Waals surface area (Å²) < 4.78 is 5.14.